The van der Waals surface area contributed by atoms with E-state index in [1.54, 1.807) is 28.4 Å². The van der Waals surface area contributed by atoms with Gasteiger partial charge in [0.2, 0.25) is 5.95 Å². The van der Waals surface area contributed by atoms with Gasteiger partial charge >= 0.3 is 6.03 Å². The van der Waals surface area contributed by atoms with Crippen molar-refractivity contribution in [3.63, 3.8) is 0 Å². The van der Waals surface area contributed by atoms with Gasteiger partial charge in [0.15, 0.2) is 0 Å². The number of hydrogen-bond donors (Lipinski definition) is 0. The summed E-state index contributed by atoms with van der Waals surface area (Å²) in [4.78, 5) is 26.1. The first-order chi connectivity index (χ1) is 10.7. The number of anilines is 2. The fourth-order valence-electron chi connectivity index (χ4n) is 2.79. The topological polar surface area (TPSA) is 70.4 Å². The molecule has 0 spiro atoms. The van der Waals surface area contributed by atoms with E-state index in [-0.39, 0.29) is 6.03 Å². The van der Waals surface area contributed by atoms with Crippen molar-refractivity contribution >= 4 is 17.7 Å². The number of carbonyl (C=O) groups is 1. The molecule has 2 fully saturated rings. The smallest absolute Gasteiger partial charge is 0.324 e. The third-order valence-corrected chi connectivity index (χ3v) is 4.19. The second kappa shape index (κ2) is 4.97. The van der Waals surface area contributed by atoms with E-state index in [0.29, 0.717) is 6.04 Å². The van der Waals surface area contributed by atoms with Crippen molar-refractivity contribution in [3.05, 3.63) is 30.9 Å². The molecule has 2 aliphatic heterocycles. The van der Waals surface area contributed by atoms with Crippen molar-refractivity contribution in [1.29, 1.82) is 0 Å². The number of aromatic nitrogens is 4. The van der Waals surface area contributed by atoms with Gasteiger partial charge < -0.3 is 9.80 Å². The zero-order valence-electron chi connectivity index (χ0n) is 12.3. The van der Waals surface area contributed by atoms with Crippen LogP contribution in [-0.2, 0) is 0 Å². The summed E-state index contributed by atoms with van der Waals surface area (Å²) in [5.41, 5.74) is 0.865. The van der Waals surface area contributed by atoms with Gasteiger partial charge in [0, 0.05) is 51.8 Å². The summed E-state index contributed by atoms with van der Waals surface area (Å²) >= 11 is 0. The second-order valence-electron chi connectivity index (χ2n) is 5.64. The van der Waals surface area contributed by atoms with Gasteiger partial charge in [-0.2, -0.15) is 5.10 Å². The van der Waals surface area contributed by atoms with E-state index in [0.717, 1.165) is 37.8 Å². The van der Waals surface area contributed by atoms with Crippen LogP contribution in [0.1, 0.15) is 6.04 Å². The minimum atomic E-state index is 0.0347. The third-order valence-electron chi connectivity index (χ3n) is 4.19. The maximum absolute atomic E-state index is 12.0. The van der Waals surface area contributed by atoms with E-state index in [2.05, 4.69) is 20.0 Å². The van der Waals surface area contributed by atoms with Gasteiger partial charge in [0.25, 0.3) is 0 Å². The first kappa shape index (κ1) is 13.1. The summed E-state index contributed by atoms with van der Waals surface area (Å²) in [6.45, 7) is 3.14. The van der Waals surface area contributed by atoms with Crippen molar-refractivity contribution in [2.24, 2.45) is 0 Å². The number of amides is 2. The molecule has 2 aromatic rings. The highest BCUT2D eigenvalue weighted by molar-refractivity contribution is 5.93. The summed E-state index contributed by atoms with van der Waals surface area (Å²) in [6.07, 6.45) is 7.21. The fourth-order valence-corrected chi connectivity index (χ4v) is 2.79. The lowest BCUT2D eigenvalue weighted by atomic mass is 10.1. The molecule has 0 bridgehead atoms. The zero-order valence-corrected chi connectivity index (χ0v) is 12.3. The first-order valence-corrected chi connectivity index (χ1v) is 7.31. The number of hydrogen-bond acceptors (Lipinski definition) is 5. The molecule has 22 heavy (non-hydrogen) atoms. The molecule has 2 amide bonds. The van der Waals surface area contributed by atoms with Gasteiger partial charge in [-0.15, -0.1) is 0 Å². The molecule has 0 aromatic carbocycles. The average molecular weight is 299 g/mol. The molecular formula is C14H17N7O. The molecule has 2 aromatic heterocycles. The molecule has 0 saturated carbocycles. The van der Waals surface area contributed by atoms with E-state index in [1.807, 2.05) is 24.0 Å². The van der Waals surface area contributed by atoms with Gasteiger partial charge in [-0.05, 0) is 6.07 Å². The molecule has 0 radical (unpaired) electrons. The Hall–Kier alpha value is -2.64. The van der Waals surface area contributed by atoms with Crippen LogP contribution >= 0.6 is 0 Å². The monoisotopic (exact) mass is 299 g/mol. The second-order valence-corrected chi connectivity index (χ2v) is 5.64. The molecule has 0 atom stereocenters. The molecule has 8 nitrogen and oxygen atoms in total. The van der Waals surface area contributed by atoms with Gasteiger partial charge in [-0.1, -0.05) is 0 Å². The summed E-state index contributed by atoms with van der Waals surface area (Å²) in [5, 5.41) is 4.41. The predicted octanol–water partition coefficient (Wildman–Crippen LogP) is 0.606. The van der Waals surface area contributed by atoms with Crippen molar-refractivity contribution in [2.75, 3.05) is 43.0 Å². The van der Waals surface area contributed by atoms with E-state index >= 15 is 0 Å². The van der Waals surface area contributed by atoms with Crippen LogP contribution in [0.3, 0.4) is 0 Å². The summed E-state index contributed by atoms with van der Waals surface area (Å²) in [7, 11) is 1.82. The standard InChI is InChI=1S/C14H17N7O/c1-18-5-6-20(14(18)22)11-7-17-21(10-11)12-8-19(9-12)13-15-3-2-4-16-13/h2-4,7,10,12H,5-6,8-9H2,1H3. The van der Waals surface area contributed by atoms with E-state index in [1.165, 1.54) is 0 Å². The van der Waals surface area contributed by atoms with Crippen LogP contribution in [0.2, 0.25) is 0 Å². The Morgan fingerprint density at radius 1 is 1.18 bits per heavy atom. The number of rotatable bonds is 3. The summed E-state index contributed by atoms with van der Waals surface area (Å²) < 4.78 is 1.93. The fraction of sp³-hybridized carbons (Fsp3) is 0.429. The summed E-state index contributed by atoms with van der Waals surface area (Å²) in [6, 6.07) is 2.14. The van der Waals surface area contributed by atoms with E-state index < -0.39 is 0 Å². The lowest BCUT2D eigenvalue weighted by molar-refractivity contribution is 0.229. The molecule has 0 aliphatic carbocycles. The predicted molar refractivity (Wildman–Crippen MR) is 80.9 cm³/mol. The third kappa shape index (κ3) is 2.07. The highest BCUT2D eigenvalue weighted by atomic mass is 16.2. The van der Waals surface area contributed by atoms with Crippen LogP contribution in [-0.4, -0.2) is 63.9 Å². The Labute approximate surface area is 128 Å². The van der Waals surface area contributed by atoms with Gasteiger partial charge in [0.05, 0.1) is 17.9 Å². The zero-order chi connectivity index (χ0) is 15.1. The van der Waals surface area contributed by atoms with Crippen LogP contribution in [0.15, 0.2) is 30.9 Å². The molecule has 2 aliphatic rings. The molecule has 0 N–H and O–H groups in total. The highest BCUT2D eigenvalue weighted by Crippen LogP contribution is 2.26. The maximum Gasteiger partial charge on any atom is 0.324 e. The molecule has 2 saturated heterocycles. The quantitative estimate of drug-likeness (QED) is 0.830. The lowest BCUT2D eigenvalue weighted by Gasteiger charge is -2.39. The van der Waals surface area contributed by atoms with E-state index in [9.17, 15) is 4.79 Å². The molecule has 4 heterocycles. The largest absolute Gasteiger partial charge is 0.336 e. The van der Waals surface area contributed by atoms with Crippen LogP contribution in [0.5, 0.6) is 0 Å². The first-order valence-electron chi connectivity index (χ1n) is 7.31. The minimum Gasteiger partial charge on any atom is -0.336 e. The van der Waals surface area contributed by atoms with Gasteiger partial charge in [-0.25, -0.2) is 14.8 Å². The van der Waals surface area contributed by atoms with Crippen LogP contribution in [0.4, 0.5) is 16.4 Å². The SMILES string of the molecule is CN1CCN(c2cnn(C3CN(c4ncccn4)C3)c2)C1=O. The number of carbonyl (C=O) groups excluding carboxylic acids is 1. The molecular weight excluding hydrogens is 282 g/mol. The van der Waals surface area contributed by atoms with Crippen LogP contribution < -0.4 is 9.80 Å². The Morgan fingerprint density at radius 2 is 1.95 bits per heavy atom. The molecule has 0 unspecified atom stereocenters. The average Bonchev–Trinajstić information content (AvgIpc) is 3.07. The highest BCUT2D eigenvalue weighted by Gasteiger charge is 2.32. The Kier molecular flexibility index (Phi) is 2.95. The lowest BCUT2D eigenvalue weighted by Crippen LogP contribution is -2.48. The Morgan fingerprint density at radius 3 is 2.64 bits per heavy atom. The van der Waals surface area contributed by atoms with Crippen molar-refractivity contribution in [2.45, 2.75) is 6.04 Å². The van der Waals surface area contributed by atoms with Crippen molar-refractivity contribution in [3.8, 4) is 0 Å². The Bertz CT molecular complexity index is 680. The number of nitrogens with zero attached hydrogens (tertiary/aromatic N) is 7. The summed E-state index contributed by atoms with van der Waals surface area (Å²) in [5.74, 6) is 0.752. The molecule has 4 rings (SSSR count). The Balaban J connectivity index is 1.43. The number of urea groups is 1. The normalized spacial score (nSPS) is 19.0. The molecule has 8 heteroatoms. The number of likely N-dealkylation sites (N-methyl/N-ethyl adjacent to an activating group) is 1. The van der Waals surface area contributed by atoms with Crippen molar-refractivity contribution in [1.82, 2.24) is 24.6 Å². The minimum absolute atomic E-state index is 0.0347. The van der Waals surface area contributed by atoms with Crippen molar-refractivity contribution < 1.29 is 4.79 Å². The van der Waals surface area contributed by atoms with Gasteiger partial charge in [0.1, 0.15) is 0 Å². The molecule has 114 valence electrons. The van der Waals surface area contributed by atoms with Crippen LogP contribution in [0, 0.1) is 0 Å². The van der Waals surface area contributed by atoms with Crippen LogP contribution in [0.25, 0.3) is 0 Å². The maximum atomic E-state index is 12.0. The van der Waals surface area contributed by atoms with Gasteiger partial charge in [-0.3, -0.25) is 9.58 Å². The van der Waals surface area contributed by atoms with E-state index in [4.69, 9.17) is 0 Å².